The third-order valence-corrected chi connectivity index (χ3v) is 2.74. The SMILES string of the molecule is Cc1cc(N=O)ccc1N1CCNCC1. The van der Waals surface area contributed by atoms with Gasteiger partial charge in [-0.05, 0) is 35.9 Å². The van der Waals surface area contributed by atoms with Crippen LogP contribution < -0.4 is 10.2 Å². The zero-order valence-corrected chi connectivity index (χ0v) is 8.86. The summed E-state index contributed by atoms with van der Waals surface area (Å²) in [6.07, 6.45) is 0. The second-order valence-corrected chi connectivity index (χ2v) is 3.80. The van der Waals surface area contributed by atoms with Crippen LogP contribution in [-0.2, 0) is 0 Å². The Balaban J connectivity index is 2.23. The summed E-state index contributed by atoms with van der Waals surface area (Å²) in [6.45, 7) is 6.11. The predicted octanol–water partition coefficient (Wildman–Crippen LogP) is 1.80. The highest BCUT2D eigenvalue weighted by atomic mass is 16.3. The van der Waals surface area contributed by atoms with Crippen LogP contribution in [0.1, 0.15) is 5.56 Å². The maximum Gasteiger partial charge on any atom is 0.108 e. The molecule has 0 atom stereocenters. The van der Waals surface area contributed by atoms with Crippen molar-refractivity contribution in [2.24, 2.45) is 5.18 Å². The maximum absolute atomic E-state index is 10.4. The number of nitroso groups, excluding NO2 is 1. The molecule has 1 aliphatic heterocycles. The molecule has 1 aromatic rings. The molecule has 4 heteroatoms. The molecule has 0 radical (unpaired) electrons. The van der Waals surface area contributed by atoms with Crippen LogP contribution in [0, 0.1) is 11.8 Å². The number of benzene rings is 1. The summed E-state index contributed by atoms with van der Waals surface area (Å²) in [5, 5.41) is 6.25. The van der Waals surface area contributed by atoms with Crippen LogP contribution in [0.5, 0.6) is 0 Å². The van der Waals surface area contributed by atoms with Crippen LogP contribution in [0.3, 0.4) is 0 Å². The molecule has 1 aliphatic rings. The van der Waals surface area contributed by atoms with E-state index < -0.39 is 0 Å². The van der Waals surface area contributed by atoms with E-state index in [4.69, 9.17) is 0 Å². The van der Waals surface area contributed by atoms with Gasteiger partial charge in [0, 0.05) is 31.9 Å². The van der Waals surface area contributed by atoms with Gasteiger partial charge in [-0.25, -0.2) is 0 Å². The molecular weight excluding hydrogens is 190 g/mol. The molecular formula is C11H15N3O. The first-order valence-electron chi connectivity index (χ1n) is 5.21. The van der Waals surface area contributed by atoms with Crippen molar-refractivity contribution < 1.29 is 0 Å². The highest BCUT2D eigenvalue weighted by Crippen LogP contribution is 2.25. The number of piperazine rings is 1. The molecule has 2 rings (SSSR count). The molecule has 1 heterocycles. The zero-order chi connectivity index (χ0) is 10.7. The Hall–Kier alpha value is -1.42. The lowest BCUT2D eigenvalue weighted by Gasteiger charge is -2.30. The minimum absolute atomic E-state index is 0.506. The van der Waals surface area contributed by atoms with E-state index in [0.29, 0.717) is 5.69 Å². The van der Waals surface area contributed by atoms with Crippen molar-refractivity contribution in [3.63, 3.8) is 0 Å². The van der Waals surface area contributed by atoms with E-state index in [1.54, 1.807) is 6.07 Å². The Labute approximate surface area is 89.3 Å². The van der Waals surface area contributed by atoms with Gasteiger partial charge in [-0.3, -0.25) is 0 Å². The summed E-state index contributed by atoms with van der Waals surface area (Å²) in [5.74, 6) is 0. The van der Waals surface area contributed by atoms with Gasteiger partial charge < -0.3 is 10.2 Å². The molecule has 0 saturated carbocycles. The molecule has 0 spiro atoms. The van der Waals surface area contributed by atoms with Gasteiger partial charge in [0.05, 0.1) is 0 Å². The number of hydrogen-bond donors (Lipinski definition) is 1. The van der Waals surface area contributed by atoms with Crippen LogP contribution in [0.25, 0.3) is 0 Å². The molecule has 0 amide bonds. The standard InChI is InChI=1S/C11H15N3O/c1-9-8-10(13-15)2-3-11(9)14-6-4-12-5-7-14/h2-3,8,12H,4-7H2,1H3. The van der Waals surface area contributed by atoms with Crippen molar-refractivity contribution in [3.8, 4) is 0 Å². The Kier molecular flexibility index (Phi) is 2.97. The van der Waals surface area contributed by atoms with Crippen LogP contribution in [0.2, 0.25) is 0 Å². The fraction of sp³-hybridized carbons (Fsp3) is 0.455. The van der Waals surface area contributed by atoms with Gasteiger partial charge in [-0.15, -0.1) is 4.91 Å². The minimum Gasteiger partial charge on any atom is -0.369 e. The smallest absolute Gasteiger partial charge is 0.108 e. The van der Waals surface area contributed by atoms with Crippen LogP contribution in [-0.4, -0.2) is 26.2 Å². The van der Waals surface area contributed by atoms with Gasteiger partial charge in [0.25, 0.3) is 0 Å². The summed E-state index contributed by atoms with van der Waals surface area (Å²) in [4.78, 5) is 12.7. The lowest BCUT2D eigenvalue weighted by molar-refractivity contribution is 0.588. The highest BCUT2D eigenvalue weighted by Gasteiger charge is 2.12. The Morgan fingerprint density at radius 2 is 2.07 bits per heavy atom. The molecule has 15 heavy (non-hydrogen) atoms. The fourth-order valence-corrected chi connectivity index (χ4v) is 1.96. The molecule has 0 unspecified atom stereocenters. The minimum atomic E-state index is 0.506. The summed E-state index contributed by atoms with van der Waals surface area (Å²) in [5.41, 5.74) is 2.84. The molecule has 0 aromatic heterocycles. The number of nitrogens with zero attached hydrogens (tertiary/aromatic N) is 2. The average molecular weight is 205 g/mol. The summed E-state index contributed by atoms with van der Waals surface area (Å²) in [7, 11) is 0. The van der Waals surface area contributed by atoms with Gasteiger partial charge >= 0.3 is 0 Å². The van der Waals surface area contributed by atoms with Crippen molar-refractivity contribution in [1.29, 1.82) is 0 Å². The van der Waals surface area contributed by atoms with E-state index in [1.807, 2.05) is 19.1 Å². The summed E-state index contributed by atoms with van der Waals surface area (Å²) < 4.78 is 0. The van der Waals surface area contributed by atoms with Gasteiger partial charge in [-0.2, -0.15) is 0 Å². The molecule has 4 nitrogen and oxygen atoms in total. The number of aryl methyl sites for hydroxylation is 1. The first-order chi connectivity index (χ1) is 7.31. The molecule has 1 N–H and O–H groups in total. The van der Waals surface area contributed by atoms with Crippen molar-refractivity contribution in [2.75, 3.05) is 31.1 Å². The number of hydrogen-bond acceptors (Lipinski definition) is 4. The molecule has 0 bridgehead atoms. The Morgan fingerprint density at radius 3 is 2.67 bits per heavy atom. The lowest BCUT2D eigenvalue weighted by Crippen LogP contribution is -2.43. The van der Waals surface area contributed by atoms with E-state index in [9.17, 15) is 4.91 Å². The largest absolute Gasteiger partial charge is 0.369 e. The fourth-order valence-electron chi connectivity index (χ4n) is 1.96. The van der Waals surface area contributed by atoms with Gasteiger partial charge in [0.2, 0.25) is 0 Å². The second kappa shape index (κ2) is 4.40. The highest BCUT2D eigenvalue weighted by molar-refractivity contribution is 5.59. The van der Waals surface area contributed by atoms with Crippen LogP contribution in [0.4, 0.5) is 11.4 Å². The van der Waals surface area contributed by atoms with E-state index in [2.05, 4.69) is 15.4 Å². The van der Waals surface area contributed by atoms with Gasteiger partial charge in [0.15, 0.2) is 0 Å². The average Bonchev–Trinajstić information content (AvgIpc) is 2.30. The maximum atomic E-state index is 10.4. The molecule has 0 aliphatic carbocycles. The van der Waals surface area contributed by atoms with E-state index in [1.165, 1.54) is 5.69 Å². The number of anilines is 1. The predicted molar refractivity (Wildman–Crippen MR) is 61.7 cm³/mol. The Morgan fingerprint density at radius 1 is 1.33 bits per heavy atom. The zero-order valence-electron chi connectivity index (χ0n) is 8.86. The first-order valence-corrected chi connectivity index (χ1v) is 5.21. The van der Waals surface area contributed by atoms with Gasteiger partial charge in [-0.1, -0.05) is 0 Å². The molecule has 1 aromatic carbocycles. The third kappa shape index (κ3) is 2.15. The molecule has 1 saturated heterocycles. The second-order valence-electron chi connectivity index (χ2n) is 3.80. The normalized spacial score (nSPS) is 16.5. The van der Waals surface area contributed by atoms with E-state index in [-0.39, 0.29) is 0 Å². The van der Waals surface area contributed by atoms with Gasteiger partial charge in [0.1, 0.15) is 5.69 Å². The van der Waals surface area contributed by atoms with Crippen LogP contribution >= 0.6 is 0 Å². The van der Waals surface area contributed by atoms with Crippen molar-refractivity contribution in [3.05, 3.63) is 28.7 Å². The van der Waals surface area contributed by atoms with Crippen molar-refractivity contribution >= 4 is 11.4 Å². The number of nitrogens with one attached hydrogen (secondary N) is 1. The van der Waals surface area contributed by atoms with Crippen LogP contribution in [0.15, 0.2) is 23.4 Å². The number of rotatable bonds is 2. The van der Waals surface area contributed by atoms with E-state index >= 15 is 0 Å². The quantitative estimate of drug-likeness (QED) is 0.749. The lowest BCUT2D eigenvalue weighted by atomic mass is 10.1. The van der Waals surface area contributed by atoms with E-state index in [0.717, 1.165) is 31.7 Å². The molecule has 1 fully saturated rings. The molecule has 80 valence electrons. The summed E-state index contributed by atoms with van der Waals surface area (Å²) in [6, 6.07) is 5.60. The Bertz CT molecular complexity index is 359. The van der Waals surface area contributed by atoms with Crippen molar-refractivity contribution in [1.82, 2.24) is 5.32 Å². The van der Waals surface area contributed by atoms with Crippen molar-refractivity contribution in [2.45, 2.75) is 6.92 Å². The third-order valence-electron chi connectivity index (χ3n) is 2.74. The summed E-state index contributed by atoms with van der Waals surface area (Å²) >= 11 is 0. The monoisotopic (exact) mass is 205 g/mol. The first kappa shape index (κ1) is 10.1. The topological polar surface area (TPSA) is 44.7 Å².